The van der Waals surface area contributed by atoms with Gasteiger partial charge in [0, 0.05) is 12.6 Å². The normalized spacial score (nSPS) is 10.4. The molecule has 2 aromatic heterocycles. The lowest BCUT2D eigenvalue weighted by Gasteiger charge is -2.09. The lowest BCUT2D eigenvalue weighted by molar-refractivity contribution is 0.0702. The Morgan fingerprint density at radius 1 is 1.24 bits per heavy atom. The maximum atomic E-state index is 11.0. The van der Waals surface area contributed by atoms with Gasteiger partial charge in [-0.05, 0) is 30.2 Å². The molecule has 0 aliphatic carbocycles. The average molecular weight is 355 g/mol. The van der Waals surface area contributed by atoms with Crippen LogP contribution in [0, 0.1) is 0 Å². The highest BCUT2D eigenvalue weighted by molar-refractivity contribution is 7.17. The Hall–Kier alpha value is -2.93. The summed E-state index contributed by atoms with van der Waals surface area (Å²) < 4.78 is 5.35. The molecule has 0 fully saturated rings. The van der Waals surface area contributed by atoms with Gasteiger partial charge in [-0.2, -0.15) is 0 Å². The predicted octanol–water partition coefficient (Wildman–Crippen LogP) is 3.57. The van der Waals surface area contributed by atoms with E-state index < -0.39 is 5.97 Å². The molecular formula is C18H17N3O3S. The molecule has 0 radical (unpaired) electrons. The number of ether oxygens (including phenoxy) is 1. The van der Waals surface area contributed by atoms with Crippen LogP contribution in [0.3, 0.4) is 0 Å². The summed E-state index contributed by atoms with van der Waals surface area (Å²) in [5, 5.41) is 12.3. The number of carboxylic acid groups (broad SMARTS) is 1. The molecule has 0 bridgehead atoms. The molecule has 0 amide bonds. The van der Waals surface area contributed by atoms with Gasteiger partial charge in [0.05, 0.1) is 17.7 Å². The van der Waals surface area contributed by atoms with Crippen LogP contribution in [-0.2, 0) is 6.42 Å². The molecule has 2 heterocycles. The number of benzene rings is 1. The van der Waals surface area contributed by atoms with Gasteiger partial charge in [0.25, 0.3) is 0 Å². The van der Waals surface area contributed by atoms with Crippen molar-refractivity contribution in [3.8, 4) is 16.3 Å². The quantitative estimate of drug-likeness (QED) is 0.674. The third-order valence-corrected chi connectivity index (χ3v) is 4.73. The lowest BCUT2D eigenvalue weighted by Crippen LogP contribution is -2.07. The van der Waals surface area contributed by atoms with Crippen LogP contribution >= 0.6 is 11.3 Å². The number of anilines is 1. The Kier molecular flexibility index (Phi) is 5.25. The van der Waals surface area contributed by atoms with Crippen molar-refractivity contribution in [3.63, 3.8) is 0 Å². The van der Waals surface area contributed by atoms with E-state index in [-0.39, 0.29) is 0 Å². The Bertz CT molecular complexity index is 879. The van der Waals surface area contributed by atoms with Gasteiger partial charge in [0.15, 0.2) is 0 Å². The molecule has 0 aliphatic rings. The molecule has 1 aromatic carbocycles. The van der Waals surface area contributed by atoms with Crippen LogP contribution in [0.4, 0.5) is 5.82 Å². The van der Waals surface area contributed by atoms with Gasteiger partial charge in [0.2, 0.25) is 0 Å². The van der Waals surface area contributed by atoms with Gasteiger partial charge in [0.1, 0.15) is 22.8 Å². The van der Waals surface area contributed by atoms with Gasteiger partial charge in [-0.25, -0.2) is 14.8 Å². The van der Waals surface area contributed by atoms with Crippen molar-refractivity contribution in [2.45, 2.75) is 6.42 Å². The fraction of sp³-hybridized carbons (Fsp3) is 0.167. The van der Waals surface area contributed by atoms with E-state index in [4.69, 9.17) is 9.84 Å². The minimum absolute atomic E-state index is 0.291. The zero-order valence-electron chi connectivity index (χ0n) is 13.6. The Balaban J connectivity index is 1.66. The molecule has 0 spiro atoms. The summed E-state index contributed by atoms with van der Waals surface area (Å²) in [6, 6.07) is 13.1. The largest absolute Gasteiger partial charge is 0.496 e. The molecule has 25 heavy (non-hydrogen) atoms. The van der Waals surface area contributed by atoms with Crippen LogP contribution in [-0.4, -0.2) is 34.7 Å². The molecule has 3 aromatic rings. The van der Waals surface area contributed by atoms with E-state index in [9.17, 15) is 4.79 Å². The van der Waals surface area contributed by atoms with E-state index in [2.05, 4.69) is 15.3 Å². The highest BCUT2D eigenvalue weighted by Crippen LogP contribution is 2.27. The number of hydrogen-bond donors (Lipinski definition) is 2. The van der Waals surface area contributed by atoms with Crippen molar-refractivity contribution < 1.29 is 14.6 Å². The van der Waals surface area contributed by atoms with Crippen LogP contribution in [0.25, 0.3) is 10.6 Å². The van der Waals surface area contributed by atoms with Crippen molar-refractivity contribution in [2.24, 2.45) is 0 Å². The number of aromatic nitrogens is 2. The van der Waals surface area contributed by atoms with Crippen molar-refractivity contribution in [1.29, 1.82) is 0 Å². The Morgan fingerprint density at radius 2 is 2.08 bits per heavy atom. The minimum atomic E-state index is -0.930. The lowest BCUT2D eigenvalue weighted by atomic mass is 10.1. The zero-order valence-corrected chi connectivity index (χ0v) is 14.4. The van der Waals surface area contributed by atoms with Gasteiger partial charge < -0.3 is 15.2 Å². The second-order valence-corrected chi connectivity index (χ2v) is 6.33. The molecule has 0 saturated heterocycles. The molecule has 128 valence electrons. The number of rotatable bonds is 7. The summed E-state index contributed by atoms with van der Waals surface area (Å²) in [5.41, 5.74) is 1.82. The number of aromatic carboxylic acids is 1. The molecule has 3 rings (SSSR count). The number of thiophene rings is 1. The topological polar surface area (TPSA) is 84.3 Å². The van der Waals surface area contributed by atoms with E-state index in [1.165, 1.54) is 17.7 Å². The number of carbonyl (C=O) groups is 1. The molecule has 0 aliphatic heterocycles. The van der Waals surface area contributed by atoms with Gasteiger partial charge in [-0.15, -0.1) is 11.3 Å². The van der Waals surface area contributed by atoms with Crippen LogP contribution in [0.2, 0.25) is 0 Å². The number of nitrogens with zero attached hydrogens (tertiary/aromatic N) is 2. The maximum Gasteiger partial charge on any atom is 0.345 e. The fourth-order valence-electron chi connectivity index (χ4n) is 2.41. The maximum absolute atomic E-state index is 11.0. The summed E-state index contributed by atoms with van der Waals surface area (Å²) in [5.74, 6) is 0.637. The smallest absolute Gasteiger partial charge is 0.345 e. The van der Waals surface area contributed by atoms with E-state index in [0.717, 1.165) is 22.6 Å². The first-order valence-electron chi connectivity index (χ1n) is 7.68. The van der Waals surface area contributed by atoms with Crippen molar-refractivity contribution in [3.05, 3.63) is 59.2 Å². The third kappa shape index (κ3) is 4.13. The van der Waals surface area contributed by atoms with E-state index in [1.54, 1.807) is 19.2 Å². The molecule has 7 heteroatoms. The molecule has 0 saturated carbocycles. The second-order valence-electron chi connectivity index (χ2n) is 5.25. The highest BCUT2D eigenvalue weighted by Gasteiger charge is 2.10. The molecule has 2 N–H and O–H groups in total. The minimum Gasteiger partial charge on any atom is -0.496 e. The van der Waals surface area contributed by atoms with E-state index in [0.29, 0.717) is 22.9 Å². The van der Waals surface area contributed by atoms with E-state index >= 15 is 0 Å². The number of carboxylic acids is 1. The number of para-hydroxylation sites is 1. The van der Waals surface area contributed by atoms with Gasteiger partial charge in [-0.1, -0.05) is 18.2 Å². The predicted molar refractivity (Wildman–Crippen MR) is 97.5 cm³/mol. The van der Waals surface area contributed by atoms with Crippen molar-refractivity contribution >= 4 is 23.1 Å². The van der Waals surface area contributed by atoms with Crippen molar-refractivity contribution in [1.82, 2.24) is 9.97 Å². The summed E-state index contributed by atoms with van der Waals surface area (Å²) >= 11 is 1.19. The zero-order chi connectivity index (χ0) is 17.6. The first-order valence-corrected chi connectivity index (χ1v) is 8.50. The monoisotopic (exact) mass is 355 g/mol. The Morgan fingerprint density at radius 3 is 2.84 bits per heavy atom. The SMILES string of the molecule is COc1ccccc1CCNc1cc(-c2ccc(C(=O)O)s2)ncn1. The average Bonchev–Trinajstić information content (AvgIpc) is 3.13. The van der Waals surface area contributed by atoms with Crippen LogP contribution < -0.4 is 10.1 Å². The van der Waals surface area contributed by atoms with Crippen molar-refractivity contribution in [2.75, 3.05) is 19.0 Å². The van der Waals surface area contributed by atoms with Gasteiger partial charge in [-0.3, -0.25) is 0 Å². The summed E-state index contributed by atoms with van der Waals surface area (Å²) in [7, 11) is 1.66. The standard InChI is InChI=1S/C18H17N3O3S/c1-24-14-5-3-2-4-12(14)8-9-19-17-10-13(20-11-21-17)15-6-7-16(25-15)18(22)23/h2-7,10-11H,8-9H2,1H3,(H,22,23)(H,19,20,21). The fourth-order valence-corrected chi connectivity index (χ4v) is 3.23. The van der Waals surface area contributed by atoms with Crippen LogP contribution in [0.1, 0.15) is 15.2 Å². The summed E-state index contributed by atoms with van der Waals surface area (Å²) in [6.45, 7) is 0.696. The first kappa shape index (κ1) is 16.9. The molecular weight excluding hydrogens is 338 g/mol. The number of nitrogens with one attached hydrogen (secondary N) is 1. The molecule has 0 unspecified atom stereocenters. The second kappa shape index (κ2) is 7.76. The van der Waals surface area contributed by atoms with Crippen LogP contribution in [0.5, 0.6) is 5.75 Å². The van der Waals surface area contributed by atoms with E-state index in [1.807, 2.05) is 30.3 Å². The highest BCUT2D eigenvalue weighted by atomic mass is 32.1. The third-order valence-electron chi connectivity index (χ3n) is 3.63. The first-order chi connectivity index (χ1) is 12.2. The summed E-state index contributed by atoms with van der Waals surface area (Å²) in [4.78, 5) is 20.5. The molecule has 0 atom stereocenters. The van der Waals surface area contributed by atoms with Gasteiger partial charge >= 0.3 is 5.97 Å². The van der Waals surface area contributed by atoms with Crippen LogP contribution in [0.15, 0.2) is 48.8 Å². The summed E-state index contributed by atoms with van der Waals surface area (Å²) in [6.07, 6.45) is 2.27. The molecule has 6 nitrogen and oxygen atoms in total. The number of hydrogen-bond acceptors (Lipinski definition) is 6. The Labute approximate surface area is 149 Å². The number of methoxy groups -OCH3 is 1.